The summed E-state index contributed by atoms with van der Waals surface area (Å²) in [4.78, 5) is 64.5. The van der Waals surface area contributed by atoms with Crippen molar-refractivity contribution in [3.8, 4) is 0 Å². The number of carbonyl (C=O) groups is 5. The van der Waals surface area contributed by atoms with Gasteiger partial charge < -0.3 is 21.3 Å². The molecule has 0 unspecified atom stereocenters. The maximum Gasteiger partial charge on any atom is 0.289 e. The highest BCUT2D eigenvalue weighted by molar-refractivity contribution is 6.38. The minimum atomic E-state index is -2.95. The van der Waals surface area contributed by atoms with Gasteiger partial charge in [0.1, 0.15) is 12.1 Å². The van der Waals surface area contributed by atoms with Gasteiger partial charge in [-0.05, 0) is 30.1 Å². The number of halogens is 2. The Kier molecular flexibility index (Phi) is 10.1. The van der Waals surface area contributed by atoms with Crippen LogP contribution < -0.4 is 21.7 Å². The fraction of sp³-hybridized carbons (Fsp3) is 0.708. The summed E-state index contributed by atoms with van der Waals surface area (Å²) < 4.78 is 26.5. The number of hydrogen-bond donors (Lipinski definition) is 4. The van der Waals surface area contributed by atoms with E-state index in [-0.39, 0.29) is 24.9 Å². The number of Topliss-reactive ketones (excluding diaryl/α,β-unsaturated/α-hetero) is 1. The Morgan fingerprint density at radius 2 is 1.83 bits per heavy atom. The smallest absolute Gasteiger partial charge is 0.289 e. The fourth-order valence-corrected chi connectivity index (χ4v) is 5.08. The van der Waals surface area contributed by atoms with E-state index < -0.39 is 65.8 Å². The number of ketones is 1. The topological polar surface area (TPSA) is 151 Å². The number of nitrogens with two attached hydrogens (primary N) is 1. The van der Waals surface area contributed by atoms with Crippen LogP contribution in [-0.4, -0.2) is 78.5 Å². The maximum absolute atomic E-state index is 13.6. The Morgan fingerprint density at radius 1 is 1.17 bits per heavy atom. The summed E-state index contributed by atoms with van der Waals surface area (Å²) in [5.74, 6) is -4.28. The Morgan fingerprint density at radius 3 is 2.39 bits per heavy atom. The molecule has 2 rings (SSSR count). The highest BCUT2D eigenvalue weighted by atomic mass is 19.3. The lowest BCUT2D eigenvalue weighted by atomic mass is 9.85. The molecule has 0 aromatic heterocycles. The van der Waals surface area contributed by atoms with Crippen LogP contribution in [-0.2, 0) is 24.0 Å². The predicted molar refractivity (Wildman–Crippen MR) is 128 cm³/mol. The molecule has 0 aromatic rings. The molecule has 0 spiro atoms. The molecular formula is C24H37F2N5O5. The summed E-state index contributed by atoms with van der Waals surface area (Å²) in [5.41, 5.74) is 4.61. The van der Waals surface area contributed by atoms with Gasteiger partial charge in [0.25, 0.3) is 5.91 Å². The fourth-order valence-electron chi connectivity index (χ4n) is 5.08. The van der Waals surface area contributed by atoms with Gasteiger partial charge in [0, 0.05) is 19.5 Å². The van der Waals surface area contributed by atoms with Gasteiger partial charge in [-0.3, -0.25) is 29.3 Å². The second-order valence-electron chi connectivity index (χ2n) is 10.5. The van der Waals surface area contributed by atoms with Crippen LogP contribution in [0.1, 0.15) is 46.5 Å². The van der Waals surface area contributed by atoms with Crippen LogP contribution in [0.3, 0.4) is 0 Å². The van der Waals surface area contributed by atoms with Crippen molar-refractivity contribution < 1.29 is 32.8 Å². The van der Waals surface area contributed by atoms with E-state index in [1.165, 1.54) is 11.0 Å². The summed E-state index contributed by atoms with van der Waals surface area (Å²) in [6, 6.07) is -3.58. The molecule has 12 heteroatoms. The molecule has 1 saturated carbocycles. The van der Waals surface area contributed by atoms with Gasteiger partial charge >= 0.3 is 0 Å². The maximum atomic E-state index is 13.6. The molecule has 1 aliphatic heterocycles. The zero-order chi connectivity index (χ0) is 27.2. The number of nitrogens with one attached hydrogen (secondary N) is 3. The van der Waals surface area contributed by atoms with Crippen molar-refractivity contribution in [3.63, 3.8) is 0 Å². The number of hydrogen-bond acceptors (Lipinski definition) is 6. The zero-order valence-electron chi connectivity index (χ0n) is 21.0. The van der Waals surface area contributed by atoms with Crippen molar-refractivity contribution in [2.24, 2.45) is 23.0 Å². The van der Waals surface area contributed by atoms with Crippen molar-refractivity contribution in [1.29, 1.82) is 0 Å². The molecule has 1 aliphatic carbocycles. The van der Waals surface area contributed by atoms with Crippen molar-refractivity contribution >= 4 is 29.4 Å². The third kappa shape index (κ3) is 7.31. The second-order valence-corrected chi connectivity index (χ2v) is 10.5. The van der Waals surface area contributed by atoms with E-state index in [1.807, 2.05) is 0 Å². The average Bonchev–Trinajstić information content (AvgIpc) is 3.36. The Balaban J connectivity index is 2.30. The summed E-state index contributed by atoms with van der Waals surface area (Å²) >= 11 is 0. The zero-order valence-corrected chi connectivity index (χ0v) is 21.0. The molecule has 202 valence electrons. The van der Waals surface area contributed by atoms with Gasteiger partial charge in [0.2, 0.25) is 29.9 Å². The van der Waals surface area contributed by atoms with E-state index in [4.69, 9.17) is 5.73 Å². The summed E-state index contributed by atoms with van der Waals surface area (Å²) in [5, 5.41) is 7.43. The first-order valence-electron chi connectivity index (χ1n) is 12.1. The van der Waals surface area contributed by atoms with Gasteiger partial charge in [-0.2, -0.15) is 0 Å². The van der Waals surface area contributed by atoms with E-state index >= 15 is 0 Å². The van der Waals surface area contributed by atoms with E-state index in [0.717, 1.165) is 12.8 Å². The van der Waals surface area contributed by atoms with Crippen LogP contribution >= 0.6 is 0 Å². The number of likely N-dealkylation sites (tertiary alicyclic amines) is 1. The third-order valence-corrected chi connectivity index (χ3v) is 6.71. The van der Waals surface area contributed by atoms with Crippen molar-refractivity contribution in [2.45, 2.75) is 71.0 Å². The highest BCUT2D eigenvalue weighted by Gasteiger charge is 2.52. The van der Waals surface area contributed by atoms with Crippen molar-refractivity contribution in [2.75, 3.05) is 19.6 Å². The number of fused-ring (bicyclic) bond motifs is 1. The van der Waals surface area contributed by atoms with Crippen LogP contribution in [0.2, 0.25) is 0 Å². The molecule has 5 N–H and O–H groups in total. The molecule has 5 atom stereocenters. The molecule has 2 fully saturated rings. The van der Waals surface area contributed by atoms with Crippen molar-refractivity contribution in [3.05, 3.63) is 12.7 Å². The second kappa shape index (κ2) is 12.4. The largest absolute Gasteiger partial charge is 0.369 e. The molecule has 0 aromatic carbocycles. The molecule has 36 heavy (non-hydrogen) atoms. The summed E-state index contributed by atoms with van der Waals surface area (Å²) in [6.45, 7) is 8.82. The molecule has 4 amide bonds. The van der Waals surface area contributed by atoms with Gasteiger partial charge in [0.05, 0.1) is 12.6 Å². The number of rotatable bonds is 12. The number of carbonyl (C=O) groups excluding carboxylic acids is 5. The van der Waals surface area contributed by atoms with Gasteiger partial charge in [-0.1, -0.05) is 33.3 Å². The predicted octanol–water partition coefficient (Wildman–Crippen LogP) is 0.114. The molecule has 10 nitrogen and oxygen atoms in total. The van der Waals surface area contributed by atoms with Gasteiger partial charge in [0.15, 0.2) is 0 Å². The van der Waals surface area contributed by atoms with E-state index in [2.05, 4.69) is 22.5 Å². The normalized spacial score (nSPS) is 23.1. The van der Waals surface area contributed by atoms with Gasteiger partial charge in [-0.15, -0.1) is 6.58 Å². The minimum absolute atomic E-state index is 0.0406. The Bertz CT molecular complexity index is 875. The molecule has 0 bridgehead atoms. The van der Waals surface area contributed by atoms with E-state index in [1.54, 1.807) is 20.8 Å². The number of amides is 4. The summed E-state index contributed by atoms with van der Waals surface area (Å²) in [6.07, 6.45) is -0.342. The SMILES string of the molecule is C=CCNC(=O)C(=O)[C@H](CC(F)F)NC(=O)[C@@H]1[C@H]2CCC[C@H]2CN1C(=O)[C@@H](NCC(N)=O)C(C)(C)C. The van der Waals surface area contributed by atoms with Crippen LogP contribution in [0.15, 0.2) is 12.7 Å². The molecular weight excluding hydrogens is 476 g/mol. The van der Waals surface area contributed by atoms with Crippen LogP contribution in [0.4, 0.5) is 8.78 Å². The van der Waals surface area contributed by atoms with Crippen LogP contribution in [0, 0.1) is 17.3 Å². The highest BCUT2D eigenvalue weighted by Crippen LogP contribution is 2.43. The lowest BCUT2D eigenvalue weighted by Crippen LogP contribution is -2.60. The standard InChI is InChI=1S/C24H37F2N5O5/c1-5-9-28-22(35)19(33)15(10-16(25)26)30-21(34)18-14-8-6-7-13(14)12-31(18)23(36)20(24(2,3)4)29-11-17(27)32/h5,13-16,18,20,29H,1,6-12H2,2-4H3,(H2,27,32)(H,28,35)(H,30,34)/t13-,14-,15-,18-,20+/m0/s1. The molecule has 1 saturated heterocycles. The van der Waals surface area contributed by atoms with E-state index in [0.29, 0.717) is 13.0 Å². The first-order chi connectivity index (χ1) is 16.8. The lowest BCUT2D eigenvalue weighted by molar-refractivity contribution is -0.145. The molecule has 2 aliphatic rings. The quantitative estimate of drug-likeness (QED) is 0.215. The first-order valence-corrected chi connectivity index (χ1v) is 12.1. The van der Waals surface area contributed by atoms with E-state index in [9.17, 15) is 32.8 Å². The Hall–Kier alpha value is -2.89. The number of nitrogens with zero attached hydrogens (tertiary/aromatic N) is 1. The van der Waals surface area contributed by atoms with Crippen molar-refractivity contribution in [1.82, 2.24) is 20.9 Å². The third-order valence-electron chi connectivity index (χ3n) is 6.71. The summed E-state index contributed by atoms with van der Waals surface area (Å²) in [7, 11) is 0. The number of primary amides is 1. The average molecular weight is 514 g/mol. The monoisotopic (exact) mass is 513 g/mol. The molecule has 0 radical (unpaired) electrons. The van der Waals surface area contributed by atoms with Crippen LogP contribution in [0.5, 0.6) is 0 Å². The Labute approximate surface area is 209 Å². The van der Waals surface area contributed by atoms with Gasteiger partial charge in [-0.25, -0.2) is 8.78 Å². The molecule has 1 heterocycles. The first kappa shape index (κ1) is 29.3. The minimum Gasteiger partial charge on any atom is -0.369 e. The number of alkyl halides is 2. The van der Waals surface area contributed by atoms with Crippen LogP contribution in [0.25, 0.3) is 0 Å². The lowest BCUT2D eigenvalue weighted by Gasteiger charge is -2.36.